The van der Waals surface area contributed by atoms with E-state index in [1.54, 1.807) is 7.11 Å². The first-order valence-electron chi connectivity index (χ1n) is 10.8. The Bertz CT molecular complexity index is 1040. The van der Waals surface area contributed by atoms with Gasteiger partial charge in [-0.2, -0.15) is 0 Å². The first-order chi connectivity index (χ1) is 15.7. The number of rotatable bonds is 13. The number of fused-ring (bicyclic) bond motifs is 1. The van der Waals surface area contributed by atoms with Gasteiger partial charge in [0.25, 0.3) is 0 Å². The molecule has 1 amide bonds. The fraction of sp³-hybridized carbons (Fsp3) is 0.360. The lowest BCUT2D eigenvalue weighted by molar-refractivity contribution is -0.124. The fourth-order valence-electron chi connectivity index (χ4n) is 3.59. The number of allylic oxidation sites excluding steroid dienone is 1. The number of amides is 1. The van der Waals surface area contributed by atoms with E-state index in [2.05, 4.69) is 22.5 Å². The second-order valence-corrected chi connectivity index (χ2v) is 7.38. The summed E-state index contributed by atoms with van der Waals surface area (Å²) in [5.74, 6) is 2.30. The Morgan fingerprint density at radius 1 is 1.19 bits per heavy atom. The molecule has 2 aromatic carbocycles. The zero-order chi connectivity index (χ0) is 22.8. The molecule has 0 bridgehead atoms. The molecule has 0 aliphatic carbocycles. The second-order valence-electron chi connectivity index (χ2n) is 7.38. The third-order valence-corrected chi connectivity index (χ3v) is 5.09. The molecule has 170 valence electrons. The number of para-hydroxylation sites is 2. The summed E-state index contributed by atoms with van der Waals surface area (Å²) in [6.07, 6.45) is 4.19. The van der Waals surface area contributed by atoms with Crippen LogP contribution in [-0.4, -0.2) is 49.4 Å². The highest BCUT2D eigenvalue weighted by atomic mass is 16.5. The van der Waals surface area contributed by atoms with E-state index in [9.17, 15) is 4.79 Å². The van der Waals surface area contributed by atoms with E-state index in [-0.39, 0.29) is 12.5 Å². The van der Waals surface area contributed by atoms with Crippen molar-refractivity contribution in [3.05, 3.63) is 66.5 Å². The number of aromatic nitrogens is 2. The molecule has 32 heavy (non-hydrogen) atoms. The number of hydrogen-bond acceptors (Lipinski definition) is 5. The van der Waals surface area contributed by atoms with Crippen LogP contribution in [0.1, 0.15) is 17.8 Å². The van der Waals surface area contributed by atoms with E-state index < -0.39 is 0 Å². The maximum absolute atomic E-state index is 11.6. The number of nitrogens with zero attached hydrogens (tertiary/aromatic N) is 2. The molecule has 0 saturated heterocycles. The number of aryl methyl sites for hydroxylation is 1. The summed E-state index contributed by atoms with van der Waals surface area (Å²) >= 11 is 0. The van der Waals surface area contributed by atoms with Crippen LogP contribution in [0.3, 0.4) is 0 Å². The number of hydrogen-bond donors (Lipinski definition) is 1. The third kappa shape index (κ3) is 6.11. The van der Waals surface area contributed by atoms with Crippen LogP contribution in [0.4, 0.5) is 0 Å². The SMILES string of the molecule is C=CCc1ccc(OCCn2c(CCCNC(=O)COC)nc3ccccc32)c(OC)c1. The zero-order valence-corrected chi connectivity index (χ0v) is 18.8. The highest BCUT2D eigenvalue weighted by molar-refractivity contribution is 5.77. The number of nitrogens with one attached hydrogen (secondary N) is 1. The molecule has 1 aromatic heterocycles. The van der Waals surface area contributed by atoms with E-state index in [0.29, 0.717) is 31.2 Å². The predicted molar refractivity (Wildman–Crippen MR) is 125 cm³/mol. The van der Waals surface area contributed by atoms with Crippen LogP contribution in [0.25, 0.3) is 11.0 Å². The van der Waals surface area contributed by atoms with Crippen molar-refractivity contribution in [1.82, 2.24) is 14.9 Å². The molecule has 1 N–H and O–H groups in total. The normalized spacial score (nSPS) is 10.8. The average Bonchev–Trinajstić information content (AvgIpc) is 3.15. The van der Waals surface area contributed by atoms with Gasteiger partial charge in [0.05, 0.1) is 24.7 Å². The maximum atomic E-state index is 11.6. The molecule has 0 atom stereocenters. The zero-order valence-electron chi connectivity index (χ0n) is 18.8. The van der Waals surface area contributed by atoms with Crippen LogP contribution in [-0.2, 0) is 28.9 Å². The van der Waals surface area contributed by atoms with Crippen molar-refractivity contribution in [2.75, 3.05) is 34.0 Å². The van der Waals surface area contributed by atoms with Crippen molar-refractivity contribution in [1.29, 1.82) is 0 Å². The molecule has 7 heteroatoms. The van der Waals surface area contributed by atoms with Gasteiger partial charge in [-0.3, -0.25) is 4.79 Å². The summed E-state index contributed by atoms with van der Waals surface area (Å²) in [7, 11) is 3.15. The van der Waals surface area contributed by atoms with Gasteiger partial charge in [0.15, 0.2) is 11.5 Å². The van der Waals surface area contributed by atoms with Crippen molar-refractivity contribution in [3.8, 4) is 11.5 Å². The molecule has 0 saturated carbocycles. The topological polar surface area (TPSA) is 74.6 Å². The Morgan fingerprint density at radius 3 is 2.81 bits per heavy atom. The summed E-state index contributed by atoms with van der Waals surface area (Å²) in [6.45, 7) is 5.58. The Hall–Kier alpha value is -3.32. The first-order valence-corrected chi connectivity index (χ1v) is 10.8. The lowest BCUT2D eigenvalue weighted by atomic mass is 10.1. The van der Waals surface area contributed by atoms with Gasteiger partial charge in [0, 0.05) is 20.1 Å². The Balaban J connectivity index is 1.65. The number of imidazole rings is 1. The smallest absolute Gasteiger partial charge is 0.245 e. The Morgan fingerprint density at radius 2 is 2.03 bits per heavy atom. The monoisotopic (exact) mass is 437 g/mol. The lowest BCUT2D eigenvalue weighted by Crippen LogP contribution is -2.28. The first kappa shape index (κ1) is 23.3. The van der Waals surface area contributed by atoms with Gasteiger partial charge in [-0.15, -0.1) is 6.58 Å². The molecule has 0 radical (unpaired) electrons. The summed E-state index contributed by atoms with van der Waals surface area (Å²) in [4.78, 5) is 16.4. The van der Waals surface area contributed by atoms with Crippen LogP contribution >= 0.6 is 0 Å². The van der Waals surface area contributed by atoms with E-state index in [1.165, 1.54) is 7.11 Å². The second kappa shape index (κ2) is 11.9. The predicted octanol–water partition coefficient (Wildman–Crippen LogP) is 3.55. The molecule has 0 aliphatic heterocycles. The number of benzene rings is 2. The highest BCUT2D eigenvalue weighted by Crippen LogP contribution is 2.28. The van der Waals surface area contributed by atoms with Crippen molar-refractivity contribution in [3.63, 3.8) is 0 Å². The van der Waals surface area contributed by atoms with Crippen molar-refractivity contribution in [2.24, 2.45) is 0 Å². The van der Waals surface area contributed by atoms with Gasteiger partial charge in [-0.05, 0) is 42.7 Å². The van der Waals surface area contributed by atoms with Gasteiger partial charge >= 0.3 is 0 Å². The van der Waals surface area contributed by atoms with Crippen LogP contribution in [0.5, 0.6) is 11.5 Å². The lowest BCUT2D eigenvalue weighted by Gasteiger charge is -2.14. The Kier molecular flexibility index (Phi) is 8.69. The molecular weight excluding hydrogens is 406 g/mol. The molecular formula is C25H31N3O4. The van der Waals surface area contributed by atoms with E-state index in [1.807, 2.05) is 42.5 Å². The molecule has 0 spiro atoms. The Labute approximate surface area is 189 Å². The number of ether oxygens (including phenoxy) is 3. The number of carbonyl (C=O) groups excluding carboxylic acids is 1. The molecule has 0 aliphatic rings. The van der Waals surface area contributed by atoms with Gasteiger partial charge in [0.1, 0.15) is 19.0 Å². The van der Waals surface area contributed by atoms with Gasteiger partial charge in [-0.25, -0.2) is 4.98 Å². The molecule has 1 heterocycles. The van der Waals surface area contributed by atoms with Gasteiger partial charge in [0.2, 0.25) is 5.91 Å². The molecule has 3 aromatic rings. The summed E-state index contributed by atoms with van der Waals surface area (Å²) in [5, 5.41) is 2.85. The summed E-state index contributed by atoms with van der Waals surface area (Å²) in [6, 6.07) is 14.0. The number of carbonyl (C=O) groups is 1. The van der Waals surface area contributed by atoms with E-state index in [4.69, 9.17) is 19.2 Å². The largest absolute Gasteiger partial charge is 0.493 e. The summed E-state index contributed by atoms with van der Waals surface area (Å²) < 4.78 is 18.6. The molecule has 3 rings (SSSR count). The molecule has 0 unspecified atom stereocenters. The quantitative estimate of drug-likeness (QED) is 0.327. The molecule has 7 nitrogen and oxygen atoms in total. The number of methoxy groups -OCH3 is 2. The maximum Gasteiger partial charge on any atom is 0.245 e. The van der Waals surface area contributed by atoms with Gasteiger partial charge in [-0.1, -0.05) is 24.3 Å². The van der Waals surface area contributed by atoms with Crippen LogP contribution in [0.2, 0.25) is 0 Å². The van der Waals surface area contributed by atoms with Crippen LogP contribution < -0.4 is 14.8 Å². The highest BCUT2D eigenvalue weighted by Gasteiger charge is 2.12. The van der Waals surface area contributed by atoms with Gasteiger partial charge < -0.3 is 24.1 Å². The third-order valence-electron chi connectivity index (χ3n) is 5.09. The van der Waals surface area contributed by atoms with Crippen molar-refractivity contribution < 1.29 is 19.0 Å². The minimum Gasteiger partial charge on any atom is -0.493 e. The van der Waals surface area contributed by atoms with Crippen LogP contribution in [0, 0.1) is 0 Å². The minimum absolute atomic E-state index is 0.0773. The fourth-order valence-corrected chi connectivity index (χ4v) is 3.59. The standard InChI is InChI=1S/C25H31N3O4/c1-4-8-19-12-13-22(23(17-19)31-3)32-16-15-28-21-10-6-5-9-20(21)27-24(28)11-7-14-26-25(29)18-30-2/h4-6,9-10,12-13,17H,1,7-8,11,14-16,18H2,2-3H3,(H,26,29). The average molecular weight is 438 g/mol. The minimum atomic E-state index is -0.109. The summed E-state index contributed by atoms with van der Waals surface area (Å²) in [5.41, 5.74) is 3.16. The van der Waals surface area contributed by atoms with E-state index >= 15 is 0 Å². The van der Waals surface area contributed by atoms with Crippen LogP contribution in [0.15, 0.2) is 55.1 Å². The van der Waals surface area contributed by atoms with Crippen molar-refractivity contribution in [2.45, 2.75) is 25.8 Å². The van der Waals surface area contributed by atoms with Crippen molar-refractivity contribution >= 4 is 16.9 Å². The van der Waals surface area contributed by atoms with E-state index in [0.717, 1.165) is 41.7 Å². The molecule has 0 fully saturated rings.